The lowest BCUT2D eigenvalue weighted by atomic mass is 10.1. The standard InChI is InChI=1S/C12H21NO3/c1-4-12(2,3)16-10-11(14)9-13-5-7-15-8-6-13/h1,11,14H,5-10H2,2-3H3/t11-/m1/s1. The monoisotopic (exact) mass is 227 g/mol. The van der Waals surface area contributed by atoms with Gasteiger partial charge in [-0.3, -0.25) is 4.90 Å². The zero-order valence-electron chi connectivity index (χ0n) is 10.1. The van der Waals surface area contributed by atoms with Crippen LogP contribution in [0.5, 0.6) is 0 Å². The van der Waals surface area contributed by atoms with Gasteiger partial charge in [0.2, 0.25) is 0 Å². The first-order valence-corrected chi connectivity index (χ1v) is 5.63. The van der Waals surface area contributed by atoms with Crippen molar-refractivity contribution in [2.24, 2.45) is 0 Å². The molecule has 1 rings (SSSR count). The van der Waals surface area contributed by atoms with Gasteiger partial charge in [0.1, 0.15) is 5.60 Å². The molecule has 0 aliphatic carbocycles. The maximum Gasteiger partial charge on any atom is 0.122 e. The number of ether oxygens (including phenoxy) is 2. The molecule has 4 nitrogen and oxygen atoms in total. The highest BCUT2D eigenvalue weighted by molar-refractivity contribution is 5.02. The van der Waals surface area contributed by atoms with Gasteiger partial charge < -0.3 is 14.6 Å². The quantitative estimate of drug-likeness (QED) is 0.677. The van der Waals surface area contributed by atoms with Crippen LogP contribution in [0.15, 0.2) is 0 Å². The van der Waals surface area contributed by atoms with E-state index in [-0.39, 0.29) is 6.61 Å². The number of aliphatic hydroxyl groups is 1. The van der Waals surface area contributed by atoms with Crippen molar-refractivity contribution in [3.63, 3.8) is 0 Å². The maximum atomic E-state index is 9.78. The van der Waals surface area contributed by atoms with Gasteiger partial charge in [-0.15, -0.1) is 6.42 Å². The smallest absolute Gasteiger partial charge is 0.122 e. The molecule has 0 aromatic heterocycles. The number of rotatable bonds is 5. The van der Waals surface area contributed by atoms with E-state index in [2.05, 4.69) is 10.8 Å². The third kappa shape index (κ3) is 4.95. The normalized spacial score (nSPS) is 20.4. The summed E-state index contributed by atoms with van der Waals surface area (Å²) in [6.07, 6.45) is 4.80. The molecule has 0 amide bonds. The van der Waals surface area contributed by atoms with Crippen LogP contribution in [-0.4, -0.2) is 61.2 Å². The first-order valence-electron chi connectivity index (χ1n) is 5.63. The lowest BCUT2D eigenvalue weighted by Gasteiger charge is -2.29. The Morgan fingerprint density at radius 1 is 1.50 bits per heavy atom. The molecule has 4 heteroatoms. The zero-order valence-corrected chi connectivity index (χ0v) is 10.1. The Morgan fingerprint density at radius 2 is 2.12 bits per heavy atom. The molecule has 1 atom stereocenters. The van der Waals surface area contributed by atoms with Crippen LogP contribution < -0.4 is 0 Å². The third-order valence-electron chi connectivity index (χ3n) is 2.56. The average molecular weight is 227 g/mol. The summed E-state index contributed by atoms with van der Waals surface area (Å²) >= 11 is 0. The zero-order chi connectivity index (χ0) is 12.0. The Balaban J connectivity index is 2.20. The highest BCUT2D eigenvalue weighted by atomic mass is 16.5. The van der Waals surface area contributed by atoms with E-state index in [0.29, 0.717) is 6.54 Å². The Labute approximate surface area is 97.5 Å². The van der Waals surface area contributed by atoms with Gasteiger partial charge in [0.25, 0.3) is 0 Å². The summed E-state index contributed by atoms with van der Waals surface area (Å²) in [5.74, 6) is 2.53. The molecule has 1 aliphatic rings. The number of aliphatic hydroxyl groups excluding tert-OH is 1. The number of hydrogen-bond acceptors (Lipinski definition) is 4. The van der Waals surface area contributed by atoms with Crippen molar-refractivity contribution in [2.45, 2.75) is 25.6 Å². The molecule has 0 aromatic rings. The van der Waals surface area contributed by atoms with Crippen LogP contribution in [0.25, 0.3) is 0 Å². The van der Waals surface area contributed by atoms with Crippen LogP contribution in [0.1, 0.15) is 13.8 Å². The molecule has 0 aromatic carbocycles. The maximum absolute atomic E-state index is 9.78. The lowest BCUT2D eigenvalue weighted by molar-refractivity contribution is -0.0481. The second kappa shape index (κ2) is 6.21. The summed E-state index contributed by atoms with van der Waals surface area (Å²) in [4.78, 5) is 2.17. The number of hydrogen-bond donors (Lipinski definition) is 1. The largest absolute Gasteiger partial charge is 0.389 e. The molecule has 1 heterocycles. The fourth-order valence-electron chi connectivity index (χ4n) is 1.48. The molecule has 1 saturated heterocycles. The molecular formula is C12H21NO3. The van der Waals surface area contributed by atoms with Crippen molar-refractivity contribution in [1.29, 1.82) is 0 Å². The molecule has 0 radical (unpaired) electrons. The lowest BCUT2D eigenvalue weighted by Crippen LogP contribution is -2.43. The van der Waals surface area contributed by atoms with Gasteiger partial charge in [-0.1, -0.05) is 5.92 Å². The molecule has 0 bridgehead atoms. The average Bonchev–Trinajstić information content (AvgIpc) is 2.28. The van der Waals surface area contributed by atoms with Gasteiger partial charge in [0.15, 0.2) is 0 Å². The van der Waals surface area contributed by atoms with Crippen molar-refractivity contribution < 1.29 is 14.6 Å². The summed E-state index contributed by atoms with van der Waals surface area (Å²) in [6.45, 7) is 7.74. The highest BCUT2D eigenvalue weighted by Crippen LogP contribution is 2.08. The van der Waals surface area contributed by atoms with Gasteiger partial charge in [-0.2, -0.15) is 0 Å². The minimum atomic E-state index is -0.605. The van der Waals surface area contributed by atoms with Crippen LogP contribution in [0.3, 0.4) is 0 Å². The Bertz CT molecular complexity index is 241. The van der Waals surface area contributed by atoms with E-state index in [4.69, 9.17) is 15.9 Å². The number of terminal acetylenes is 1. The summed E-state index contributed by atoms with van der Waals surface area (Å²) in [5.41, 5.74) is -0.605. The van der Waals surface area contributed by atoms with E-state index in [0.717, 1.165) is 26.3 Å². The molecule has 16 heavy (non-hydrogen) atoms. The van der Waals surface area contributed by atoms with E-state index in [1.807, 2.05) is 13.8 Å². The molecular weight excluding hydrogens is 206 g/mol. The van der Waals surface area contributed by atoms with Gasteiger partial charge in [0.05, 0.1) is 25.9 Å². The van der Waals surface area contributed by atoms with Crippen LogP contribution in [0.2, 0.25) is 0 Å². The molecule has 0 spiro atoms. The summed E-state index contributed by atoms with van der Waals surface area (Å²) in [7, 11) is 0. The molecule has 92 valence electrons. The Hall–Kier alpha value is -0.600. The second-order valence-corrected chi connectivity index (χ2v) is 4.53. The first kappa shape index (κ1) is 13.5. The van der Waals surface area contributed by atoms with E-state index in [1.165, 1.54) is 0 Å². The Morgan fingerprint density at radius 3 is 2.69 bits per heavy atom. The van der Waals surface area contributed by atoms with Gasteiger partial charge in [0, 0.05) is 19.6 Å². The van der Waals surface area contributed by atoms with Gasteiger partial charge in [-0.25, -0.2) is 0 Å². The highest BCUT2D eigenvalue weighted by Gasteiger charge is 2.19. The predicted octanol–water partition coefficient (Wildman–Crippen LogP) is 0.108. The fourth-order valence-corrected chi connectivity index (χ4v) is 1.48. The van der Waals surface area contributed by atoms with Crippen LogP contribution in [0.4, 0.5) is 0 Å². The van der Waals surface area contributed by atoms with Crippen LogP contribution in [-0.2, 0) is 9.47 Å². The van der Waals surface area contributed by atoms with Crippen molar-refractivity contribution in [3.8, 4) is 12.3 Å². The first-order chi connectivity index (χ1) is 7.53. The molecule has 0 saturated carbocycles. The Kier molecular flexibility index (Phi) is 5.23. The van der Waals surface area contributed by atoms with E-state index in [1.54, 1.807) is 0 Å². The molecule has 1 aliphatic heterocycles. The predicted molar refractivity (Wildman–Crippen MR) is 62.1 cm³/mol. The summed E-state index contributed by atoms with van der Waals surface area (Å²) in [5, 5.41) is 9.78. The SMILES string of the molecule is C#CC(C)(C)OC[C@H](O)CN1CCOCC1. The minimum absolute atomic E-state index is 0.272. The van der Waals surface area contributed by atoms with E-state index >= 15 is 0 Å². The van der Waals surface area contributed by atoms with Gasteiger partial charge >= 0.3 is 0 Å². The van der Waals surface area contributed by atoms with Crippen molar-refractivity contribution in [2.75, 3.05) is 39.5 Å². The molecule has 1 fully saturated rings. The van der Waals surface area contributed by atoms with Gasteiger partial charge in [-0.05, 0) is 13.8 Å². The number of β-amino-alcohol motifs (C(OH)–C–C–N with tert-alkyl or cyclic N) is 1. The second-order valence-electron chi connectivity index (χ2n) is 4.53. The van der Waals surface area contributed by atoms with E-state index < -0.39 is 11.7 Å². The number of nitrogens with zero attached hydrogens (tertiary/aromatic N) is 1. The topological polar surface area (TPSA) is 41.9 Å². The van der Waals surface area contributed by atoms with Crippen LogP contribution >= 0.6 is 0 Å². The van der Waals surface area contributed by atoms with Crippen molar-refractivity contribution in [1.82, 2.24) is 4.90 Å². The van der Waals surface area contributed by atoms with Crippen molar-refractivity contribution in [3.05, 3.63) is 0 Å². The summed E-state index contributed by atoms with van der Waals surface area (Å²) < 4.78 is 10.7. The minimum Gasteiger partial charge on any atom is -0.389 e. The summed E-state index contributed by atoms with van der Waals surface area (Å²) in [6, 6.07) is 0. The number of morpholine rings is 1. The molecule has 0 unspecified atom stereocenters. The van der Waals surface area contributed by atoms with E-state index in [9.17, 15) is 5.11 Å². The van der Waals surface area contributed by atoms with Crippen LogP contribution in [0, 0.1) is 12.3 Å². The molecule has 1 N–H and O–H groups in total. The van der Waals surface area contributed by atoms with Crippen molar-refractivity contribution >= 4 is 0 Å². The third-order valence-corrected chi connectivity index (χ3v) is 2.56. The fraction of sp³-hybridized carbons (Fsp3) is 0.833.